The standard InChI is InChI=1S/C25H28O2/c1-27-21-15-13-20(14-16-21)23-22-12-8-18-25(23,24(22)26)17-7-3-6-11-19-9-4-2-5-10-19/h2,4-6,9-11,13-16,22-23H,3,7-8,12,17-18H2,1H3/b11-6+/t22-,23-,25+/m0/s1. The second kappa shape index (κ2) is 7.72. The fraction of sp³-hybridized carbons (Fsp3) is 0.400. The first-order valence-electron chi connectivity index (χ1n) is 10.1. The molecular formula is C25H28O2. The largest absolute Gasteiger partial charge is 0.497 e. The summed E-state index contributed by atoms with van der Waals surface area (Å²) in [5.41, 5.74) is 2.45. The number of hydrogen-bond donors (Lipinski definition) is 0. The molecule has 0 spiro atoms. The number of carbonyl (C=O) groups excluding carboxylic acids is 1. The molecule has 2 nitrogen and oxygen atoms in total. The number of benzene rings is 2. The van der Waals surface area contributed by atoms with Crippen LogP contribution < -0.4 is 4.74 Å². The second-order valence-electron chi connectivity index (χ2n) is 7.98. The van der Waals surface area contributed by atoms with Gasteiger partial charge in [0.25, 0.3) is 0 Å². The highest BCUT2D eigenvalue weighted by molar-refractivity contribution is 5.96. The summed E-state index contributed by atoms with van der Waals surface area (Å²) in [5.74, 6) is 2.06. The number of methoxy groups -OCH3 is 1. The van der Waals surface area contributed by atoms with E-state index in [1.54, 1.807) is 7.11 Å². The summed E-state index contributed by atoms with van der Waals surface area (Å²) in [6, 6.07) is 18.8. The zero-order valence-electron chi connectivity index (χ0n) is 16.1. The van der Waals surface area contributed by atoms with Crippen LogP contribution in [0.4, 0.5) is 0 Å². The van der Waals surface area contributed by atoms with E-state index in [-0.39, 0.29) is 11.3 Å². The van der Waals surface area contributed by atoms with Crippen molar-refractivity contribution in [1.29, 1.82) is 0 Å². The molecule has 0 radical (unpaired) electrons. The molecule has 2 fully saturated rings. The molecule has 0 unspecified atom stereocenters. The van der Waals surface area contributed by atoms with Crippen LogP contribution >= 0.6 is 0 Å². The zero-order valence-corrected chi connectivity index (χ0v) is 16.1. The first-order valence-corrected chi connectivity index (χ1v) is 10.1. The van der Waals surface area contributed by atoms with E-state index in [1.165, 1.54) is 17.5 Å². The first-order chi connectivity index (χ1) is 13.2. The first kappa shape index (κ1) is 18.0. The maximum absolute atomic E-state index is 12.9. The Morgan fingerprint density at radius 3 is 2.59 bits per heavy atom. The molecule has 2 aliphatic carbocycles. The Bertz CT molecular complexity index is 806. The minimum atomic E-state index is -0.113. The normalized spacial score (nSPS) is 26.8. The molecule has 0 N–H and O–H groups in total. The molecule has 0 saturated heterocycles. The highest BCUT2D eigenvalue weighted by Gasteiger charge is 2.62. The summed E-state index contributed by atoms with van der Waals surface area (Å²) in [5, 5.41) is 0. The van der Waals surface area contributed by atoms with Crippen molar-refractivity contribution >= 4 is 11.9 Å². The molecule has 0 aliphatic heterocycles. The number of ether oxygens (including phenoxy) is 1. The van der Waals surface area contributed by atoms with Crippen LogP contribution in [0.5, 0.6) is 5.75 Å². The summed E-state index contributed by atoms with van der Waals surface area (Å²) >= 11 is 0. The van der Waals surface area contributed by atoms with Crippen LogP contribution in [0.15, 0.2) is 60.7 Å². The molecule has 2 aromatic carbocycles. The topological polar surface area (TPSA) is 26.3 Å². The summed E-state index contributed by atoms with van der Waals surface area (Å²) in [6.07, 6.45) is 10.9. The van der Waals surface area contributed by atoms with E-state index in [0.717, 1.165) is 37.9 Å². The van der Waals surface area contributed by atoms with E-state index in [2.05, 4.69) is 48.6 Å². The lowest BCUT2D eigenvalue weighted by molar-refractivity contribution is -0.158. The molecule has 3 atom stereocenters. The number of unbranched alkanes of at least 4 members (excludes halogenated alkanes) is 1. The van der Waals surface area contributed by atoms with E-state index in [0.29, 0.717) is 11.7 Å². The summed E-state index contributed by atoms with van der Waals surface area (Å²) in [4.78, 5) is 12.9. The highest BCUT2D eigenvalue weighted by atomic mass is 16.5. The third-order valence-electron chi connectivity index (χ3n) is 6.54. The van der Waals surface area contributed by atoms with Crippen molar-refractivity contribution < 1.29 is 9.53 Å². The van der Waals surface area contributed by atoms with Crippen LogP contribution in [0, 0.1) is 11.3 Å². The van der Waals surface area contributed by atoms with Gasteiger partial charge < -0.3 is 4.74 Å². The van der Waals surface area contributed by atoms with Crippen molar-refractivity contribution in [2.24, 2.45) is 11.3 Å². The molecular weight excluding hydrogens is 332 g/mol. The molecule has 140 valence electrons. The molecule has 27 heavy (non-hydrogen) atoms. The number of Topliss-reactive ketones (excluding diaryl/α,β-unsaturated/α-hetero) is 1. The Balaban J connectivity index is 1.42. The van der Waals surface area contributed by atoms with Gasteiger partial charge in [0.2, 0.25) is 0 Å². The van der Waals surface area contributed by atoms with Gasteiger partial charge in [-0.3, -0.25) is 4.79 Å². The number of allylic oxidation sites excluding steroid dienone is 1. The minimum absolute atomic E-state index is 0.113. The zero-order chi connectivity index (χ0) is 18.7. The van der Waals surface area contributed by atoms with Crippen LogP contribution in [0.1, 0.15) is 55.6 Å². The molecule has 0 amide bonds. The fourth-order valence-corrected chi connectivity index (χ4v) is 5.26. The molecule has 2 saturated carbocycles. The molecule has 4 rings (SSSR count). The highest BCUT2D eigenvalue weighted by Crippen LogP contribution is 2.64. The van der Waals surface area contributed by atoms with Crippen molar-refractivity contribution in [3.8, 4) is 5.75 Å². The van der Waals surface area contributed by atoms with Gasteiger partial charge in [-0.1, -0.05) is 61.0 Å². The summed E-state index contributed by atoms with van der Waals surface area (Å²) in [6.45, 7) is 0. The van der Waals surface area contributed by atoms with E-state index >= 15 is 0 Å². The van der Waals surface area contributed by atoms with Gasteiger partial charge in [-0.05, 0) is 55.4 Å². The van der Waals surface area contributed by atoms with E-state index in [4.69, 9.17) is 4.74 Å². The third-order valence-corrected chi connectivity index (χ3v) is 6.54. The molecule has 0 aromatic heterocycles. The Morgan fingerprint density at radius 1 is 1.11 bits per heavy atom. The van der Waals surface area contributed by atoms with Gasteiger partial charge in [0.1, 0.15) is 11.5 Å². The molecule has 2 aliphatic rings. The van der Waals surface area contributed by atoms with Gasteiger partial charge >= 0.3 is 0 Å². The predicted molar refractivity (Wildman–Crippen MR) is 110 cm³/mol. The Hall–Kier alpha value is -2.35. The van der Waals surface area contributed by atoms with Crippen molar-refractivity contribution in [2.75, 3.05) is 7.11 Å². The molecule has 2 aromatic rings. The average molecular weight is 360 g/mol. The van der Waals surface area contributed by atoms with Gasteiger partial charge in [-0.25, -0.2) is 0 Å². The molecule has 2 bridgehead atoms. The van der Waals surface area contributed by atoms with E-state index in [9.17, 15) is 4.79 Å². The van der Waals surface area contributed by atoms with Crippen LogP contribution in [0.3, 0.4) is 0 Å². The Labute approximate surface area is 162 Å². The Kier molecular flexibility index (Phi) is 5.15. The van der Waals surface area contributed by atoms with Gasteiger partial charge in [-0.2, -0.15) is 0 Å². The number of ketones is 1. The fourth-order valence-electron chi connectivity index (χ4n) is 5.26. The van der Waals surface area contributed by atoms with Crippen LogP contribution in [0.2, 0.25) is 0 Å². The van der Waals surface area contributed by atoms with Crippen molar-refractivity contribution in [1.82, 2.24) is 0 Å². The number of rotatable bonds is 7. The van der Waals surface area contributed by atoms with E-state index < -0.39 is 0 Å². The minimum Gasteiger partial charge on any atom is -0.497 e. The van der Waals surface area contributed by atoms with Gasteiger partial charge in [0, 0.05) is 17.3 Å². The number of hydrogen-bond acceptors (Lipinski definition) is 2. The lowest BCUT2D eigenvalue weighted by Crippen LogP contribution is -2.58. The summed E-state index contributed by atoms with van der Waals surface area (Å²) in [7, 11) is 1.70. The van der Waals surface area contributed by atoms with Crippen molar-refractivity contribution in [2.45, 2.75) is 44.4 Å². The molecule has 0 heterocycles. The maximum atomic E-state index is 12.9. The van der Waals surface area contributed by atoms with Crippen LogP contribution in [-0.4, -0.2) is 12.9 Å². The van der Waals surface area contributed by atoms with Crippen molar-refractivity contribution in [3.63, 3.8) is 0 Å². The summed E-state index contributed by atoms with van der Waals surface area (Å²) < 4.78 is 5.29. The smallest absolute Gasteiger partial charge is 0.143 e. The van der Waals surface area contributed by atoms with Gasteiger partial charge in [-0.15, -0.1) is 0 Å². The number of fused-ring (bicyclic) bond motifs is 2. The lowest BCUT2D eigenvalue weighted by Gasteiger charge is -2.58. The van der Waals surface area contributed by atoms with Gasteiger partial charge in [0.15, 0.2) is 0 Å². The van der Waals surface area contributed by atoms with E-state index in [1.807, 2.05) is 18.2 Å². The monoisotopic (exact) mass is 360 g/mol. The van der Waals surface area contributed by atoms with Crippen molar-refractivity contribution in [3.05, 3.63) is 71.8 Å². The molecule has 2 heteroatoms. The second-order valence-corrected chi connectivity index (χ2v) is 7.98. The lowest BCUT2D eigenvalue weighted by atomic mass is 9.43. The Morgan fingerprint density at radius 2 is 1.89 bits per heavy atom. The quantitative estimate of drug-likeness (QED) is 0.563. The SMILES string of the molecule is COc1ccc([C@H]2[C@@H]3CCC[C@@]2(CCC/C=C/c2ccccc2)C3=O)cc1. The van der Waals surface area contributed by atoms with Gasteiger partial charge in [0.05, 0.1) is 7.11 Å². The predicted octanol–water partition coefficient (Wildman–Crippen LogP) is 6.03. The van der Waals surface area contributed by atoms with Crippen LogP contribution in [0.25, 0.3) is 6.08 Å². The maximum Gasteiger partial charge on any atom is 0.143 e. The van der Waals surface area contributed by atoms with Crippen LogP contribution in [-0.2, 0) is 4.79 Å². The average Bonchev–Trinajstić information content (AvgIpc) is 2.73. The third kappa shape index (κ3) is 3.34. The number of carbonyl (C=O) groups is 1.